The van der Waals surface area contributed by atoms with Crippen molar-refractivity contribution in [1.82, 2.24) is 0 Å². The molecule has 0 atom stereocenters. The number of rotatable bonds is 8. The average molecular weight is 375 g/mol. The fourth-order valence-electron chi connectivity index (χ4n) is 2.70. The van der Waals surface area contributed by atoms with Gasteiger partial charge in [-0.1, -0.05) is 37.1 Å². The number of carbonyl (C=O) groups excluding carboxylic acids is 1. The summed E-state index contributed by atoms with van der Waals surface area (Å²) in [5.74, 6) is -1.40. The lowest BCUT2D eigenvalue weighted by Crippen LogP contribution is -2.26. The van der Waals surface area contributed by atoms with Crippen LogP contribution in [-0.4, -0.2) is 30.1 Å². The predicted molar refractivity (Wildman–Crippen MR) is 106 cm³/mol. The molecule has 0 spiro atoms. The fourth-order valence-corrected chi connectivity index (χ4v) is 2.92. The highest BCUT2D eigenvalue weighted by Crippen LogP contribution is 2.26. The molecule has 2 N–H and O–H groups in total. The van der Waals surface area contributed by atoms with Crippen LogP contribution in [0.2, 0.25) is 5.02 Å². The lowest BCUT2D eigenvalue weighted by atomic mass is 10.1. The maximum Gasteiger partial charge on any atom is 0.337 e. The molecule has 0 saturated carbocycles. The molecule has 0 unspecified atom stereocenters. The first kappa shape index (κ1) is 19.8. The average Bonchev–Trinajstić information content (AvgIpc) is 2.63. The van der Waals surface area contributed by atoms with Gasteiger partial charge in [-0.2, -0.15) is 0 Å². The maximum atomic E-state index is 12.4. The van der Waals surface area contributed by atoms with Crippen LogP contribution in [0.25, 0.3) is 0 Å². The van der Waals surface area contributed by atoms with Crippen LogP contribution in [0.3, 0.4) is 0 Å². The molecule has 0 fully saturated rings. The number of benzene rings is 2. The number of anilines is 2. The van der Waals surface area contributed by atoms with Crippen molar-refractivity contribution in [3.05, 3.63) is 58.6 Å². The Morgan fingerprint density at radius 3 is 2.46 bits per heavy atom. The molecule has 0 aromatic heterocycles. The van der Waals surface area contributed by atoms with E-state index >= 15 is 0 Å². The zero-order valence-electron chi connectivity index (χ0n) is 15.0. The van der Waals surface area contributed by atoms with Gasteiger partial charge in [0.1, 0.15) is 0 Å². The Morgan fingerprint density at radius 2 is 1.85 bits per heavy atom. The lowest BCUT2D eigenvalue weighted by molar-refractivity contribution is 0.0697. The zero-order chi connectivity index (χ0) is 19.1. The van der Waals surface area contributed by atoms with Gasteiger partial charge in [-0.3, -0.25) is 4.79 Å². The zero-order valence-corrected chi connectivity index (χ0v) is 15.7. The largest absolute Gasteiger partial charge is 0.478 e. The number of amides is 1. The van der Waals surface area contributed by atoms with E-state index < -0.39 is 5.97 Å². The number of halogens is 1. The summed E-state index contributed by atoms with van der Waals surface area (Å²) < 4.78 is 0. The van der Waals surface area contributed by atoms with Crippen LogP contribution < -0.4 is 10.2 Å². The van der Waals surface area contributed by atoms with Crippen LogP contribution in [-0.2, 0) is 0 Å². The van der Waals surface area contributed by atoms with Crippen molar-refractivity contribution in [3.8, 4) is 0 Å². The first-order valence-corrected chi connectivity index (χ1v) is 9.03. The molecular formula is C20H23ClN2O3. The molecule has 6 heteroatoms. The van der Waals surface area contributed by atoms with Gasteiger partial charge in [0.05, 0.1) is 21.8 Å². The Hall–Kier alpha value is -2.53. The van der Waals surface area contributed by atoms with Gasteiger partial charge in [-0.15, -0.1) is 0 Å². The van der Waals surface area contributed by atoms with Crippen LogP contribution in [0.15, 0.2) is 42.5 Å². The fraction of sp³-hybridized carbons (Fsp3) is 0.300. The molecule has 0 aliphatic carbocycles. The van der Waals surface area contributed by atoms with E-state index in [4.69, 9.17) is 11.6 Å². The van der Waals surface area contributed by atoms with Crippen molar-refractivity contribution in [1.29, 1.82) is 0 Å². The van der Waals surface area contributed by atoms with Crippen LogP contribution in [0.1, 0.15) is 47.4 Å². The van der Waals surface area contributed by atoms with E-state index in [1.807, 2.05) is 11.8 Å². The summed E-state index contributed by atoms with van der Waals surface area (Å²) in [6.45, 7) is 5.60. The van der Waals surface area contributed by atoms with Crippen molar-refractivity contribution < 1.29 is 14.7 Å². The molecule has 0 heterocycles. The normalized spacial score (nSPS) is 10.4. The molecule has 138 valence electrons. The third kappa shape index (κ3) is 4.76. The van der Waals surface area contributed by atoms with E-state index in [0.717, 1.165) is 19.4 Å². The molecule has 0 radical (unpaired) electrons. The number of nitrogens with one attached hydrogen (secondary N) is 1. The quantitative estimate of drug-likeness (QED) is 0.688. The smallest absolute Gasteiger partial charge is 0.337 e. The summed E-state index contributed by atoms with van der Waals surface area (Å²) >= 11 is 6.04. The Balaban J connectivity index is 2.29. The highest BCUT2D eigenvalue weighted by molar-refractivity contribution is 6.34. The second-order valence-electron chi connectivity index (χ2n) is 5.90. The Labute approximate surface area is 158 Å². The number of hydrogen-bond acceptors (Lipinski definition) is 3. The predicted octanol–water partition coefficient (Wildman–Crippen LogP) is 4.92. The first-order chi connectivity index (χ1) is 12.5. The monoisotopic (exact) mass is 374 g/mol. The Morgan fingerprint density at radius 1 is 1.12 bits per heavy atom. The molecule has 0 aliphatic rings. The van der Waals surface area contributed by atoms with Gasteiger partial charge in [-0.25, -0.2) is 4.79 Å². The van der Waals surface area contributed by atoms with Crippen molar-refractivity contribution in [2.24, 2.45) is 0 Å². The van der Waals surface area contributed by atoms with Crippen molar-refractivity contribution in [3.63, 3.8) is 0 Å². The van der Waals surface area contributed by atoms with Gasteiger partial charge >= 0.3 is 5.97 Å². The number of aromatic carboxylic acids is 1. The Bertz CT molecular complexity index is 792. The third-order valence-electron chi connectivity index (χ3n) is 4.11. The minimum atomic E-state index is -1.02. The Kier molecular flexibility index (Phi) is 7.04. The van der Waals surface area contributed by atoms with E-state index in [1.165, 1.54) is 6.07 Å². The van der Waals surface area contributed by atoms with E-state index in [1.54, 1.807) is 36.4 Å². The minimum absolute atomic E-state index is 0.167. The highest BCUT2D eigenvalue weighted by Gasteiger charge is 2.17. The number of unbranched alkanes of at least 4 members (excludes halogenated alkanes) is 1. The van der Waals surface area contributed by atoms with Crippen LogP contribution in [0, 0.1) is 0 Å². The molecule has 0 saturated heterocycles. The van der Waals surface area contributed by atoms with Gasteiger partial charge in [0, 0.05) is 18.8 Å². The van der Waals surface area contributed by atoms with Crippen molar-refractivity contribution in [2.75, 3.05) is 23.3 Å². The molecule has 2 aromatic carbocycles. The molecular weight excluding hydrogens is 352 g/mol. The summed E-state index contributed by atoms with van der Waals surface area (Å²) in [6, 6.07) is 11.7. The number of carbonyl (C=O) groups is 2. The standard InChI is InChI=1S/C20H23ClN2O3/c1-3-5-12-23(4-2)18-11-10-14(13-16(18)20(25)26)22-19(24)15-8-6-7-9-17(15)21/h6-11,13H,3-5,12H2,1-2H3,(H,22,24)(H,25,26). The molecule has 1 amide bonds. The van der Waals surface area contributed by atoms with E-state index in [2.05, 4.69) is 12.2 Å². The van der Waals surface area contributed by atoms with Crippen LogP contribution in [0.4, 0.5) is 11.4 Å². The molecule has 0 bridgehead atoms. The molecule has 2 rings (SSSR count). The SMILES string of the molecule is CCCCN(CC)c1ccc(NC(=O)c2ccccc2Cl)cc1C(=O)O. The number of hydrogen-bond donors (Lipinski definition) is 2. The van der Waals surface area contributed by atoms with Gasteiger partial charge in [0.25, 0.3) is 5.91 Å². The second kappa shape index (κ2) is 9.25. The third-order valence-corrected chi connectivity index (χ3v) is 4.44. The molecule has 5 nitrogen and oxygen atoms in total. The topological polar surface area (TPSA) is 69.6 Å². The minimum Gasteiger partial charge on any atom is -0.478 e. The number of nitrogens with zero attached hydrogens (tertiary/aromatic N) is 1. The first-order valence-electron chi connectivity index (χ1n) is 8.66. The van der Waals surface area contributed by atoms with Crippen LogP contribution in [0.5, 0.6) is 0 Å². The van der Waals surface area contributed by atoms with E-state index in [9.17, 15) is 14.7 Å². The maximum absolute atomic E-state index is 12.4. The molecule has 26 heavy (non-hydrogen) atoms. The van der Waals surface area contributed by atoms with E-state index in [0.29, 0.717) is 28.5 Å². The van der Waals surface area contributed by atoms with Crippen molar-refractivity contribution >= 4 is 34.9 Å². The molecule has 0 aliphatic heterocycles. The molecule has 2 aromatic rings. The lowest BCUT2D eigenvalue weighted by Gasteiger charge is -2.25. The summed E-state index contributed by atoms with van der Waals surface area (Å²) in [6.07, 6.45) is 2.02. The summed E-state index contributed by atoms with van der Waals surface area (Å²) in [5, 5.41) is 12.7. The summed E-state index contributed by atoms with van der Waals surface area (Å²) in [4.78, 5) is 26.1. The summed E-state index contributed by atoms with van der Waals surface area (Å²) in [5.41, 5.74) is 1.58. The van der Waals surface area contributed by atoms with Gasteiger partial charge in [0.15, 0.2) is 0 Å². The van der Waals surface area contributed by atoms with Gasteiger partial charge in [0.2, 0.25) is 0 Å². The van der Waals surface area contributed by atoms with Crippen LogP contribution >= 0.6 is 11.6 Å². The number of carboxylic acids is 1. The van der Waals surface area contributed by atoms with Gasteiger partial charge in [-0.05, 0) is 43.7 Å². The second-order valence-corrected chi connectivity index (χ2v) is 6.31. The summed E-state index contributed by atoms with van der Waals surface area (Å²) in [7, 11) is 0. The number of carboxylic acid groups (broad SMARTS) is 1. The van der Waals surface area contributed by atoms with E-state index in [-0.39, 0.29) is 11.5 Å². The van der Waals surface area contributed by atoms with Gasteiger partial charge < -0.3 is 15.3 Å². The highest BCUT2D eigenvalue weighted by atomic mass is 35.5. The van der Waals surface area contributed by atoms with Crippen molar-refractivity contribution in [2.45, 2.75) is 26.7 Å².